The molecule has 1 aromatic heterocycles. The number of nitrogens with one attached hydrogen (secondary N) is 1. The van der Waals surface area contributed by atoms with Crippen LogP contribution in [0.1, 0.15) is 29.7 Å². The van der Waals surface area contributed by atoms with E-state index in [1.165, 1.54) is 0 Å². The van der Waals surface area contributed by atoms with Crippen LogP contribution >= 0.6 is 11.3 Å². The predicted octanol–water partition coefficient (Wildman–Crippen LogP) is 2.99. The normalized spacial score (nSPS) is 28.7. The Labute approximate surface area is 88.3 Å². The van der Waals surface area contributed by atoms with Crippen molar-refractivity contribution in [1.82, 2.24) is 5.32 Å². The molecule has 1 atom stereocenters. The molecule has 2 heterocycles. The van der Waals surface area contributed by atoms with Crippen LogP contribution in [-0.2, 0) is 5.67 Å². The Morgan fingerprint density at radius 1 is 1.43 bits per heavy atom. The molecule has 1 nitrogen and oxygen atoms in total. The van der Waals surface area contributed by atoms with Crippen molar-refractivity contribution in [3.05, 3.63) is 21.9 Å². The minimum Gasteiger partial charge on any atom is -0.317 e. The van der Waals surface area contributed by atoms with E-state index < -0.39 is 5.67 Å². The lowest BCUT2D eigenvalue weighted by molar-refractivity contribution is 0.149. The van der Waals surface area contributed by atoms with Crippen LogP contribution in [0.5, 0.6) is 0 Å². The summed E-state index contributed by atoms with van der Waals surface area (Å²) in [6, 6.07) is 2.01. The summed E-state index contributed by atoms with van der Waals surface area (Å²) in [5, 5.41) is 5.24. The van der Waals surface area contributed by atoms with Crippen LogP contribution in [0.4, 0.5) is 4.39 Å². The summed E-state index contributed by atoms with van der Waals surface area (Å²) in [6.07, 6.45) is 2.23. The van der Waals surface area contributed by atoms with Crippen LogP contribution in [0, 0.1) is 6.92 Å². The second kappa shape index (κ2) is 3.99. The van der Waals surface area contributed by atoms with Gasteiger partial charge in [0.25, 0.3) is 0 Å². The molecule has 0 saturated carbocycles. The Balaban J connectivity index is 2.25. The summed E-state index contributed by atoms with van der Waals surface area (Å²) in [5.74, 6) is 0. The lowest BCUT2D eigenvalue weighted by Crippen LogP contribution is -2.22. The largest absolute Gasteiger partial charge is 0.317 e. The monoisotopic (exact) mass is 213 g/mol. The van der Waals surface area contributed by atoms with Crippen LogP contribution in [0.25, 0.3) is 0 Å². The predicted molar refractivity (Wildman–Crippen MR) is 58.6 cm³/mol. The summed E-state index contributed by atoms with van der Waals surface area (Å²) >= 11 is 1.56. The van der Waals surface area contributed by atoms with Gasteiger partial charge in [-0.15, -0.1) is 11.3 Å². The second-order valence-corrected chi connectivity index (χ2v) is 4.92. The van der Waals surface area contributed by atoms with E-state index in [9.17, 15) is 4.39 Å². The fourth-order valence-electron chi connectivity index (χ4n) is 2.09. The molecule has 1 unspecified atom stereocenters. The van der Waals surface area contributed by atoms with E-state index in [-0.39, 0.29) is 0 Å². The number of hydrogen-bond donors (Lipinski definition) is 1. The van der Waals surface area contributed by atoms with Crippen molar-refractivity contribution in [2.75, 3.05) is 13.1 Å². The number of rotatable bonds is 1. The molecule has 1 aliphatic heterocycles. The molecule has 2 rings (SSSR count). The summed E-state index contributed by atoms with van der Waals surface area (Å²) in [4.78, 5) is 0.946. The lowest BCUT2D eigenvalue weighted by Gasteiger charge is -2.22. The number of thiophene rings is 1. The number of hydrogen-bond acceptors (Lipinski definition) is 2. The van der Waals surface area contributed by atoms with Crippen molar-refractivity contribution in [3.63, 3.8) is 0 Å². The van der Waals surface area contributed by atoms with Crippen molar-refractivity contribution in [2.24, 2.45) is 0 Å². The van der Waals surface area contributed by atoms with Crippen LogP contribution < -0.4 is 5.32 Å². The van der Waals surface area contributed by atoms with Gasteiger partial charge in [-0.3, -0.25) is 0 Å². The van der Waals surface area contributed by atoms with Gasteiger partial charge in [-0.2, -0.15) is 0 Å². The van der Waals surface area contributed by atoms with Crippen molar-refractivity contribution < 1.29 is 4.39 Å². The molecule has 1 aliphatic rings. The molecule has 78 valence electrons. The van der Waals surface area contributed by atoms with Gasteiger partial charge in [-0.1, -0.05) is 0 Å². The average Bonchev–Trinajstić information content (AvgIpc) is 2.46. The Morgan fingerprint density at radius 2 is 2.29 bits per heavy atom. The van der Waals surface area contributed by atoms with Gasteiger partial charge >= 0.3 is 0 Å². The van der Waals surface area contributed by atoms with Crippen LogP contribution in [0.15, 0.2) is 11.4 Å². The maximum absolute atomic E-state index is 14.6. The van der Waals surface area contributed by atoms with E-state index in [0.717, 1.165) is 30.0 Å². The third kappa shape index (κ3) is 1.84. The van der Waals surface area contributed by atoms with Gasteiger partial charge in [-0.05, 0) is 56.3 Å². The number of alkyl halides is 1. The molecule has 0 aromatic carbocycles. The van der Waals surface area contributed by atoms with Crippen molar-refractivity contribution >= 4 is 11.3 Å². The Kier molecular flexibility index (Phi) is 2.88. The Bertz CT molecular complexity index is 300. The zero-order chi connectivity index (χ0) is 10.0. The minimum absolute atomic E-state index is 0.619. The summed E-state index contributed by atoms with van der Waals surface area (Å²) in [6.45, 7) is 3.76. The highest BCUT2D eigenvalue weighted by Crippen LogP contribution is 2.40. The van der Waals surface area contributed by atoms with Crippen molar-refractivity contribution in [3.8, 4) is 0 Å². The fourth-order valence-corrected chi connectivity index (χ4v) is 3.17. The summed E-state index contributed by atoms with van der Waals surface area (Å²) in [7, 11) is 0. The summed E-state index contributed by atoms with van der Waals surface area (Å²) in [5.41, 5.74) is 0.0428. The molecule has 14 heavy (non-hydrogen) atoms. The molecule has 1 aromatic rings. The van der Waals surface area contributed by atoms with E-state index in [1.807, 2.05) is 18.4 Å². The smallest absolute Gasteiger partial charge is 0.146 e. The van der Waals surface area contributed by atoms with Gasteiger partial charge in [0.15, 0.2) is 0 Å². The van der Waals surface area contributed by atoms with Gasteiger partial charge in [0.1, 0.15) is 5.67 Å². The zero-order valence-corrected chi connectivity index (χ0v) is 9.29. The Morgan fingerprint density at radius 3 is 3.00 bits per heavy atom. The summed E-state index contributed by atoms with van der Waals surface area (Å²) < 4.78 is 14.6. The van der Waals surface area contributed by atoms with Gasteiger partial charge in [0, 0.05) is 4.88 Å². The molecule has 0 radical (unpaired) electrons. The Hall–Kier alpha value is -0.410. The minimum atomic E-state index is -1.07. The third-order valence-electron chi connectivity index (χ3n) is 2.89. The maximum atomic E-state index is 14.6. The molecular formula is C11H16FNS. The molecule has 3 heteroatoms. The van der Waals surface area contributed by atoms with Gasteiger partial charge < -0.3 is 5.32 Å². The van der Waals surface area contributed by atoms with Gasteiger partial charge in [-0.25, -0.2) is 4.39 Å². The first-order valence-corrected chi connectivity index (χ1v) is 6.04. The van der Waals surface area contributed by atoms with E-state index >= 15 is 0 Å². The standard InChI is InChI=1S/C11H16FNS/c1-9-3-8-14-10(9)11(12)4-2-6-13-7-5-11/h3,8,13H,2,4-7H2,1H3. The topological polar surface area (TPSA) is 12.0 Å². The highest BCUT2D eigenvalue weighted by molar-refractivity contribution is 7.10. The number of aryl methyl sites for hydroxylation is 1. The molecule has 1 saturated heterocycles. The molecule has 0 amide bonds. The van der Waals surface area contributed by atoms with E-state index in [1.54, 1.807) is 11.3 Å². The fraction of sp³-hybridized carbons (Fsp3) is 0.636. The van der Waals surface area contributed by atoms with Crippen LogP contribution in [0.2, 0.25) is 0 Å². The van der Waals surface area contributed by atoms with Gasteiger partial charge in [0.05, 0.1) is 0 Å². The maximum Gasteiger partial charge on any atom is 0.146 e. The second-order valence-electron chi connectivity index (χ2n) is 4.00. The molecule has 0 aliphatic carbocycles. The molecule has 0 spiro atoms. The van der Waals surface area contributed by atoms with Gasteiger partial charge in [0.2, 0.25) is 0 Å². The van der Waals surface area contributed by atoms with E-state index in [0.29, 0.717) is 12.8 Å². The first-order chi connectivity index (χ1) is 6.72. The van der Waals surface area contributed by atoms with Crippen LogP contribution in [-0.4, -0.2) is 13.1 Å². The van der Waals surface area contributed by atoms with Crippen LogP contribution in [0.3, 0.4) is 0 Å². The first-order valence-electron chi connectivity index (χ1n) is 5.17. The lowest BCUT2D eigenvalue weighted by atomic mass is 9.93. The quantitative estimate of drug-likeness (QED) is 0.756. The average molecular weight is 213 g/mol. The zero-order valence-electron chi connectivity index (χ0n) is 8.48. The van der Waals surface area contributed by atoms with Crippen molar-refractivity contribution in [1.29, 1.82) is 0 Å². The van der Waals surface area contributed by atoms with Crippen molar-refractivity contribution in [2.45, 2.75) is 31.9 Å². The molecule has 0 bridgehead atoms. The van der Waals surface area contributed by atoms with E-state index in [2.05, 4.69) is 5.32 Å². The SMILES string of the molecule is Cc1ccsc1C1(F)CCCNCC1. The molecule has 1 fully saturated rings. The molecule has 1 N–H and O–H groups in total. The third-order valence-corrected chi connectivity index (χ3v) is 4.09. The van der Waals surface area contributed by atoms with E-state index in [4.69, 9.17) is 0 Å². The molecular weight excluding hydrogens is 197 g/mol. The first kappa shape index (κ1) is 10.1. The highest BCUT2D eigenvalue weighted by atomic mass is 32.1. The number of halogens is 1. The highest BCUT2D eigenvalue weighted by Gasteiger charge is 2.34.